The van der Waals surface area contributed by atoms with Crippen LogP contribution in [-0.4, -0.2) is 35.5 Å². The average molecular weight is 201 g/mol. The number of aliphatic hydroxyl groups is 2. The Hall–Kier alpha value is -0.120. The minimum absolute atomic E-state index is 0.257. The third-order valence-electron chi connectivity index (χ3n) is 3.10. The van der Waals surface area contributed by atoms with E-state index in [0.29, 0.717) is 12.5 Å². The highest BCUT2D eigenvalue weighted by atomic mass is 16.3. The van der Waals surface area contributed by atoms with Crippen LogP contribution in [0.5, 0.6) is 0 Å². The summed E-state index contributed by atoms with van der Waals surface area (Å²) in [6, 6.07) is 0. The van der Waals surface area contributed by atoms with Gasteiger partial charge in [-0.25, -0.2) is 0 Å². The quantitative estimate of drug-likeness (QED) is 0.598. The van der Waals surface area contributed by atoms with Crippen LogP contribution in [0.3, 0.4) is 0 Å². The molecule has 0 aromatic heterocycles. The molecule has 1 aliphatic carbocycles. The number of hydrogen-bond donors (Lipinski definition) is 3. The lowest BCUT2D eigenvalue weighted by molar-refractivity contribution is 0.0468. The minimum atomic E-state index is -0.446. The van der Waals surface area contributed by atoms with Crippen molar-refractivity contribution in [2.45, 2.75) is 44.6 Å². The molecular formula is C11H23NO2. The van der Waals surface area contributed by atoms with Gasteiger partial charge in [-0.05, 0) is 31.7 Å². The molecule has 1 atom stereocenters. The summed E-state index contributed by atoms with van der Waals surface area (Å²) in [7, 11) is 0. The van der Waals surface area contributed by atoms with Crippen molar-refractivity contribution in [3.8, 4) is 0 Å². The zero-order valence-electron chi connectivity index (χ0n) is 9.13. The maximum absolute atomic E-state index is 10.0. The molecular weight excluding hydrogens is 178 g/mol. The van der Waals surface area contributed by atoms with Crippen molar-refractivity contribution < 1.29 is 10.2 Å². The van der Waals surface area contributed by atoms with Crippen LogP contribution in [0, 0.1) is 5.92 Å². The molecule has 14 heavy (non-hydrogen) atoms. The Morgan fingerprint density at radius 3 is 2.57 bits per heavy atom. The molecule has 1 unspecified atom stereocenters. The molecule has 0 radical (unpaired) electrons. The molecule has 0 aromatic carbocycles. The van der Waals surface area contributed by atoms with E-state index in [0.717, 1.165) is 38.6 Å². The first-order valence-electron chi connectivity index (χ1n) is 5.70. The van der Waals surface area contributed by atoms with Crippen LogP contribution < -0.4 is 5.32 Å². The van der Waals surface area contributed by atoms with E-state index in [9.17, 15) is 5.11 Å². The Morgan fingerprint density at radius 2 is 2.00 bits per heavy atom. The Labute approximate surface area is 86.5 Å². The Morgan fingerprint density at radius 1 is 1.36 bits per heavy atom. The van der Waals surface area contributed by atoms with E-state index in [2.05, 4.69) is 12.2 Å². The summed E-state index contributed by atoms with van der Waals surface area (Å²) in [5, 5.41) is 22.0. The molecule has 0 bridgehead atoms. The fourth-order valence-corrected chi connectivity index (χ4v) is 2.08. The molecule has 1 rings (SSSR count). The first kappa shape index (κ1) is 12.0. The van der Waals surface area contributed by atoms with E-state index >= 15 is 0 Å². The third-order valence-corrected chi connectivity index (χ3v) is 3.10. The molecule has 1 saturated carbocycles. The second-order valence-electron chi connectivity index (χ2n) is 4.68. The van der Waals surface area contributed by atoms with Crippen molar-refractivity contribution in [1.29, 1.82) is 0 Å². The largest absolute Gasteiger partial charge is 0.396 e. The predicted molar refractivity (Wildman–Crippen MR) is 57.2 cm³/mol. The molecule has 3 N–H and O–H groups in total. The lowest BCUT2D eigenvalue weighted by Gasteiger charge is -2.23. The molecule has 0 aliphatic heterocycles. The van der Waals surface area contributed by atoms with Gasteiger partial charge in [0.2, 0.25) is 0 Å². The topological polar surface area (TPSA) is 52.5 Å². The van der Waals surface area contributed by atoms with Crippen molar-refractivity contribution in [3.05, 3.63) is 0 Å². The standard InChI is InChI=1S/C11H23NO2/c1-10(4-7-13)8-12-9-11(14)5-2-3-6-11/h10,12-14H,2-9H2,1H3. The van der Waals surface area contributed by atoms with E-state index in [1.807, 2.05) is 0 Å². The van der Waals surface area contributed by atoms with Crippen LogP contribution in [0.2, 0.25) is 0 Å². The molecule has 0 aromatic rings. The Kier molecular flexibility index (Phi) is 4.85. The summed E-state index contributed by atoms with van der Waals surface area (Å²) in [5.41, 5.74) is -0.446. The summed E-state index contributed by atoms with van der Waals surface area (Å²) in [5.74, 6) is 0.491. The smallest absolute Gasteiger partial charge is 0.0771 e. The van der Waals surface area contributed by atoms with Gasteiger partial charge < -0.3 is 15.5 Å². The maximum Gasteiger partial charge on any atom is 0.0771 e. The van der Waals surface area contributed by atoms with Crippen molar-refractivity contribution in [1.82, 2.24) is 5.32 Å². The summed E-state index contributed by atoms with van der Waals surface area (Å²) in [4.78, 5) is 0. The molecule has 3 nitrogen and oxygen atoms in total. The van der Waals surface area contributed by atoms with Crippen molar-refractivity contribution in [2.24, 2.45) is 5.92 Å². The molecule has 84 valence electrons. The number of aliphatic hydroxyl groups excluding tert-OH is 1. The van der Waals surface area contributed by atoms with Crippen LogP contribution in [0.4, 0.5) is 0 Å². The SMILES string of the molecule is CC(CCO)CNCC1(O)CCCC1. The number of rotatable bonds is 6. The van der Waals surface area contributed by atoms with E-state index in [4.69, 9.17) is 5.11 Å². The highest BCUT2D eigenvalue weighted by Crippen LogP contribution is 2.28. The van der Waals surface area contributed by atoms with Crippen LogP contribution in [-0.2, 0) is 0 Å². The second kappa shape index (κ2) is 5.69. The van der Waals surface area contributed by atoms with Gasteiger partial charge in [0.1, 0.15) is 0 Å². The van der Waals surface area contributed by atoms with Gasteiger partial charge in [0.25, 0.3) is 0 Å². The van der Waals surface area contributed by atoms with Gasteiger partial charge >= 0.3 is 0 Å². The first-order chi connectivity index (χ1) is 6.66. The molecule has 0 heterocycles. The number of hydrogen-bond acceptors (Lipinski definition) is 3. The lowest BCUT2D eigenvalue weighted by atomic mass is 10.0. The van der Waals surface area contributed by atoms with Gasteiger partial charge in [-0.3, -0.25) is 0 Å². The van der Waals surface area contributed by atoms with Crippen LogP contribution in [0.25, 0.3) is 0 Å². The molecule has 1 fully saturated rings. The number of nitrogens with one attached hydrogen (secondary N) is 1. The molecule has 1 aliphatic rings. The van der Waals surface area contributed by atoms with E-state index in [1.165, 1.54) is 0 Å². The van der Waals surface area contributed by atoms with Gasteiger partial charge in [-0.2, -0.15) is 0 Å². The van der Waals surface area contributed by atoms with Crippen LogP contribution in [0.1, 0.15) is 39.0 Å². The summed E-state index contributed by atoms with van der Waals surface area (Å²) in [6.07, 6.45) is 5.03. The molecule has 0 spiro atoms. The summed E-state index contributed by atoms with van der Waals surface area (Å²) < 4.78 is 0. The molecule has 3 heteroatoms. The van der Waals surface area contributed by atoms with E-state index < -0.39 is 5.60 Å². The van der Waals surface area contributed by atoms with Crippen molar-refractivity contribution in [3.63, 3.8) is 0 Å². The van der Waals surface area contributed by atoms with Gasteiger partial charge in [0.05, 0.1) is 5.60 Å². The fraction of sp³-hybridized carbons (Fsp3) is 1.00. The maximum atomic E-state index is 10.0. The highest BCUT2D eigenvalue weighted by molar-refractivity contribution is 4.86. The van der Waals surface area contributed by atoms with Crippen molar-refractivity contribution >= 4 is 0 Å². The minimum Gasteiger partial charge on any atom is -0.396 e. The summed E-state index contributed by atoms with van der Waals surface area (Å²) >= 11 is 0. The Bertz CT molecular complexity index is 155. The van der Waals surface area contributed by atoms with E-state index in [1.54, 1.807) is 0 Å². The van der Waals surface area contributed by atoms with E-state index in [-0.39, 0.29) is 6.61 Å². The van der Waals surface area contributed by atoms with Gasteiger partial charge in [0.15, 0.2) is 0 Å². The molecule has 0 amide bonds. The second-order valence-corrected chi connectivity index (χ2v) is 4.68. The van der Waals surface area contributed by atoms with Gasteiger partial charge in [-0.15, -0.1) is 0 Å². The average Bonchev–Trinajstić information content (AvgIpc) is 2.53. The Balaban J connectivity index is 2.08. The van der Waals surface area contributed by atoms with Gasteiger partial charge in [0, 0.05) is 13.2 Å². The summed E-state index contributed by atoms with van der Waals surface area (Å²) in [6.45, 7) is 3.97. The van der Waals surface area contributed by atoms with Gasteiger partial charge in [-0.1, -0.05) is 19.8 Å². The first-order valence-corrected chi connectivity index (χ1v) is 5.70. The zero-order valence-corrected chi connectivity index (χ0v) is 9.13. The molecule has 0 saturated heterocycles. The lowest BCUT2D eigenvalue weighted by Crippen LogP contribution is -2.39. The third kappa shape index (κ3) is 3.95. The van der Waals surface area contributed by atoms with Crippen molar-refractivity contribution in [2.75, 3.05) is 19.7 Å². The predicted octanol–water partition coefficient (Wildman–Crippen LogP) is 0.900. The van der Waals surface area contributed by atoms with Crippen LogP contribution in [0.15, 0.2) is 0 Å². The highest BCUT2D eigenvalue weighted by Gasteiger charge is 2.30. The normalized spacial score (nSPS) is 22.5. The fourth-order valence-electron chi connectivity index (χ4n) is 2.08. The van der Waals surface area contributed by atoms with Crippen LogP contribution >= 0.6 is 0 Å². The monoisotopic (exact) mass is 201 g/mol. The zero-order chi connectivity index (χ0) is 10.4.